The van der Waals surface area contributed by atoms with Crippen molar-refractivity contribution >= 4 is 37.4 Å². The van der Waals surface area contributed by atoms with Gasteiger partial charge in [0.1, 0.15) is 4.83 Å². The van der Waals surface area contributed by atoms with Crippen LogP contribution in [0.25, 0.3) is 21.3 Å². The standard InChI is InChI=1S/C24H32N4O3S2/c1-33(29,30)28-24-22(21(18-32-24)20-7-3-2-4-8-20)23(25-28)27-13-9-19(10-14-27)17-31-16-15-26-11-5-6-12-26/h2-4,7-8,18-19H,5-6,9-17H2,1H3. The van der Waals surface area contributed by atoms with Gasteiger partial charge in [0.15, 0.2) is 5.82 Å². The maximum absolute atomic E-state index is 12.5. The SMILES string of the molecule is CS(=O)(=O)n1nc(N2CCC(COCCN3CCCC3)CC2)c2c(-c3ccccc3)csc21. The van der Waals surface area contributed by atoms with Crippen LogP contribution in [0, 0.1) is 5.92 Å². The number of rotatable bonds is 8. The molecule has 2 aliphatic heterocycles. The van der Waals surface area contributed by atoms with Crippen LogP contribution in [-0.4, -0.2) is 74.7 Å². The van der Waals surface area contributed by atoms with Crippen molar-refractivity contribution in [3.8, 4) is 11.1 Å². The van der Waals surface area contributed by atoms with E-state index in [1.807, 2.05) is 23.6 Å². The lowest BCUT2D eigenvalue weighted by Gasteiger charge is -2.32. The van der Waals surface area contributed by atoms with Crippen molar-refractivity contribution in [1.82, 2.24) is 14.1 Å². The summed E-state index contributed by atoms with van der Waals surface area (Å²) in [4.78, 5) is 5.43. The number of hydrogen-bond acceptors (Lipinski definition) is 7. The second-order valence-corrected chi connectivity index (χ2v) is 11.8. The third kappa shape index (κ3) is 4.96. The molecule has 3 aromatic rings. The first-order chi connectivity index (χ1) is 16.0. The van der Waals surface area contributed by atoms with Crippen LogP contribution < -0.4 is 4.90 Å². The van der Waals surface area contributed by atoms with Gasteiger partial charge in [-0.25, -0.2) is 8.42 Å². The van der Waals surface area contributed by atoms with E-state index in [-0.39, 0.29) is 0 Å². The summed E-state index contributed by atoms with van der Waals surface area (Å²) in [5.41, 5.74) is 2.13. The van der Waals surface area contributed by atoms with Gasteiger partial charge in [-0.1, -0.05) is 30.3 Å². The number of anilines is 1. The average molecular weight is 489 g/mol. The van der Waals surface area contributed by atoms with E-state index in [0.29, 0.717) is 10.7 Å². The quantitative estimate of drug-likeness (QED) is 0.448. The van der Waals surface area contributed by atoms with E-state index in [9.17, 15) is 8.42 Å². The molecule has 5 rings (SSSR count). The molecule has 0 bridgehead atoms. The zero-order chi connectivity index (χ0) is 22.8. The molecule has 2 saturated heterocycles. The molecule has 1 aromatic carbocycles. The normalized spacial score (nSPS) is 18.5. The molecular weight excluding hydrogens is 456 g/mol. The van der Waals surface area contributed by atoms with Gasteiger partial charge in [0.05, 0.1) is 18.2 Å². The molecule has 0 N–H and O–H groups in total. The number of thiophene rings is 1. The van der Waals surface area contributed by atoms with E-state index in [1.165, 1.54) is 47.6 Å². The smallest absolute Gasteiger partial charge is 0.252 e. The molecule has 0 atom stereocenters. The molecule has 2 aliphatic rings. The van der Waals surface area contributed by atoms with Crippen LogP contribution in [0.15, 0.2) is 35.7 Å². The molecule has 2 aromatic heterocycles. The maximum Gasteiger partial charge on any atom is 0.252 e. The summed E-state index contributed by atoms with van der Waals surface area (Å²) in [5.74, 6) is 1.33. The summed E-state index contributed by atoms with van der Waals surface area (Å²) in [6.45, 7) is 6.81. The topological polar surface area (TPSA) is 67.7 Å². The highest BCUT2D eigenvalue weighted by molar-refractivity contribution is 7.89. The second-order valence-electron chi connectivity index (χ2n) is 9.18. The summed E-state index contributed by atoms with van der Waals surface area (Å²) in [6, 6.07) is 10.1. The Morgan fingerprint density at radius 2 is 1.82 bits per heavy atom. The third-order valence-corrected chi connectivity index (χ3v) is 8.73. The van der Waals surface area contributed by atoms with E-state index >= 15 is 0 Å². The van der Waals surface area contributed by atoms with Crippen LogP contribution in [0.1, 0.15) is 25.7 Å². The minimum absolute atomic E-state index is 0.545. The fourth-order valence-electron chi connectivity index (χ4n) is 4.92. The molecule has 7 nitrogen and oxygen atoms in total. The molecule has 178 valence electrons. The van der Waals surface area contributed by atoms with Crippen molar-refractivity contribution < 1.29 is 13.2 Å². The van der Waals surface area contributed by atoms with Crippen LogP contribution in [0.3, 0.4) is 0 Å². The number of ether oxygens (including phenoxy) is 1. The first-order valence-corrected chi connectivity index (χ1v) is 14.5. The van der Waals surface area contributed by atoms with Gasteiger partial charge in [-0.05, 0) is 50.3 Å². The highest BCUT2D eigenvalue weighted by Crippen LogP contribution is 2.41. The van der Waals surface area contributed by atoms with Crippen molar-refractivity contribution in [2.75, 3.05) is 57.1 Å². The Morgan fingerprint density at radius 1 is 1.09 bits per heavy atom. The molecule has 0 amide bonds. The summed E-state index contributed by atoms with van der Waals surface area (Å²) in [7, 11) is -3.48. The second kappa shape index (κ2) is 9.74. The van der Waals surface area contributed by atoms with Gasteiger partial charge in [-0.15, -0.1) is 20.5 Å². The number of piperidine rings is 1. The van der Waals surface area contributed by atoms with Crippen LogP contribution in [0.2, 0.25) is 0 Å². The number of benzene rings is 1. The first-order valence-electron chi connectivity index (χ1n) is 11.8. The van der Waals surface area contributed by atoms with Crippen molar-refractivity contribution in [2.45, 2.75) is 25.7 Å². The van der Waals surface area contributed by atoms with Gasteiger partial charge in [0.25, 0.3) is 10.0 Å². The number of nitrogens with zero attached hydrogens (tertiary/aromatic N) is 4. The maximum atomic E-state index is 12.5. The minimum Gasteiger partial charge on any atom is -0.380 e. The summed E-state index contributed by atoms with van der Waals surface area (Å²) in [6.07, 6.45) is 5.91. The Bertz CT molecular complexity index is 1180. The predicted octanol–water partition coefficient (Wildman–Crippen LogP) is 3.90. The fourth-order valence-corrected chi connectivity index (χ4v) is 7.01. The minimum atomic E-state index is -3.48. The Kier molecular flexibility index (Phi) is 6.74. The van der Waals surface area contributed by atoms with Gasteiger partial charge >= 0.3 is 0 Å². The Morgan fingerprint density at radius 3 is 2.52 bits per heavy atom. The number of likely N-dealkylation sites (tertiary alicyclic amines) is 1. The molecular formula is C24H32N4O3S2. The van der Waals surface area contributed by atoms with E-state index in [4.69, 9.17) is 4.74 Å². The number of hydrogen-bond donors (Lipinski definition) is 0. The van der Waals surface area contributed by atoms with E-state index < -0.39 is 10.0 Å². The van der Waals surface area contributed by atoms with E-state index in [1.54, 1.807) is 0 Å². The molecule has 2 fully saturated rings. The van der Waals surface area contributed by atoms with Gasteiger partial charge < -0.3 is 14.5 Å². The zero-order valence-electron chi connectivity index (χ0n) is 19.1. The van der Waals surface area contributed by atoms with Gasteiger partial charge in [0, 0.05) is 37.2 Å². The molecule has 0 radical (unpaired) electrons. The lowest BCUT2D eigenvalue weighted by molar-refractivity contribution is 0.0753. The molecule has 0 spiro atoms. The summed E-state index contributed by atoms with van der Waals surface area (Å²) >= 11 is 1.44. The molecule has 0 unspecified atom stereocenters. The summed E-state index contributed by atoms with van der Waals surface area (Å²) < 4.78 is 32.1. The fraction of sp³-hybridized carbons (Fsp3) is 0.542. The monoisotopic (exact) mass is 488 g/mol. The molecule has 9 heteroatoms. The average Bonchev–Trinajstić information content (AvgIpc) is 3.55. The Hall–Kier alpha value is -1.94. The highest BCUT2D eigenvalue weighted by atomic mass is 32.2. The van der Waals surface area contributed by atoms with Gasteiger partial charge in [0.2, 0.25) is 0 Å². The van der Waals surface area contributed by atoms with Crippen molar-refractivity contribution in [1.29, 1.82) is 0 Å². The lowest BCUT2D eigenvalue weighted by Crippen LogP contribution is -2.36. The number of aromatic nitrogens is 2. The molecule has 4 heterocycles. The highest BCUT2D eigenvalue weighted by Gasteiger charge is 2.28. The van der Waals surface area contributed by atoms with Crippen molar-refractivity contribution in [3.05, 3.63) is 35.7 Å². The number of fused-ring (bicyclic) bond motifs is 1. The molecule has 0 saturated carbocycles. The van der Waals surface area contributed by atoms with Crippen LogP contribution in [-0.2, 0) is 14.8 Å². The van der Waals surface area contributed by atoms with E-state index in [2.05, 4.69) is 27.0 Å². The summed E-state index contributed by atoms with van der Waals surface area (Å²) in [5, 5.41) is 7.59. The molecule has 0 aliphatic carbocycles. The van der Waals surface area contributed by atoms with E-state index in [0.717, 1.165) is 68.0 Å². The third-order valence-electron chi connectivity index (χ3n) is 6.77. The zero-order valence-corrected chi connectivity index (χ0v) is 20.8. The largest absolute Gasteiger partial charge is 0.380 e. The molecule has 33 heavy (non-hydrogen) atoms. The first kappa shape index (κ1) is 22.8. The van der Waals surface area contributed by atoms with Crippen LogP contribution in [0.5, 0.6) is 0 Å². The predicted molar refractivity (Wildman–Crippen MR) is 135 cm³/mol. The van der Waals surface area contributed by atoms with Crippen molar-refractivity contribution in [2.24, 2.45) is 5.92 Å². The lowest BCUT2D eigenvalue weighted by atomic mass is 9.97. The van der Waals surface area contributed by atoms with Crippen molar-refractivity contribution in [3.63, 3.8) is 0 Å². The Labute approximate surface area is 200 Å². The van der Waals surface area contributed by atoms with Crippen LogP contribution in [0.4, 0.5) is 5.82 Å². The van der Waals surface area contributed by atoms with Gasteiger partial charge in [-0.3, -0.25) is 0 Å². The van der Waals surface area contributed by atoms with Crippen LogP contribution >= 0.6 is 11.3 Å². The Balaban J connectivity index is 1.30. The van der Waals surface area contributed by atoms with Gasteiger partial charge in [-0.2, -0.15) is 0 Å².